The predicted octanol–water partition coefficient (Wildman–Crippen LogP) is 11.3. The zero-order valence-corrected chi connectivity index (χ0v) is 34.3. The van der Waals surface area contributed by atoms with Crippen LogP contribution >= 0.6 is 11.3 Å². The standard InChI is InChI=1S/C28H29N4S.C13H24O2.Ir/c1-16-29-14-19-11-18(12-21(23(19)32-16)28(5,6)7)24-26-25(31-15-30-24)20-9-8-17(10-22(20)33-26)13-27(2,3)4;1-5-10(6-2)12(14)9-13(15)11(7-3)8-4;/h8-10,12,14-15H,13H2,1-7H3;9-11,14H,5-8H2,1-4H3;/q-1;;/b;12-9-;. The average molecular weight is 858 g/mol. The first-order valence-electron chi connectivity index (χ1n) is 17.4. The van der Waals surface area contributed by atoms with Gasteiger partial charge in [0.15, 0.2) is 5.78 Å². The summed E-state index contributed by atoms with van der Waals surface area (Å²) in [6.07, 6.45) is 9.50. The summed E-state index contributed by atoms with van der Waals surface area (Å²) in [6, 6.07) is 12.5. The van der Waals surface area contributed by atoms with Gasteiger partial charge in [0.1, 0.15) is 12.2 Å². The van der Waals surface area contributed by atoms with E-state index in [0.29, 0.717) is 0 Å². The minimum Gasteiger partial charge on any atom is -0.512 e. The maximum Gasteiger partial charge on any atom is 0.162 e. The third kappa shape index (κ3) is 9.80. The van der Waals surface area contributed by atoms with Crippen LogP contribution in [-0.2, 0) is 36.7 Å². The van der Waals surface area contributed by atoms with Crippen LogP contribution in [0.2, 0.25) is 0 Å². The molecule has 0 saturated heterocycles. The summed E-state index contributed by atoms with van der Waals surface area (Å²) in [6.45, 7) is 23.5. The molecule has 1 N–H and O–H groups in total. The summed E-state index contributed by atoms with van der Waals surface area (Å²) in [5, 5.41) is 11.9. The van der Waals surface area contributed by atoms with Gasteiger partial charge in [0.25, 0.3) is 0 Å². The number of rotatable bonds is 9. The molecule has 0 unspecified atom stereocenters. The van der Waals surface area contributed by atoms with Crippen LogP contribution in [0.4, 0.5) is 0 Å². The Morgan fingerprint density at radius 2 is 1.57 bits per heavy atom. The smallest absolute Gasteiger partial charge is 0.162 e. The van der Waals surface area contributed by atoms with E-state index in [2.05, 4.69) is 81.8 Å². The number of hydrogen-bond donors (Lipinski definition) is 1. The summed E-state index contributed by atoms with van der Waals surface area (Å²) in [5.74, 6) is 1.32. The SMILES string of the molecule is CCC(CC)C(=O)/C=C(\O)C(CC)CC.Cc1ncc2[c-]c(-c3ncnc4c3sc3cc(CC(C)(C)C)ccc34)cc(C(C)(C)C)c2n1.[Ir]. The van der Waals surface area contributed by atoms with Gasteiger partial charge in [-0.1, -0.05) is 97.9 Å². The Morgan fingerprint density at radius 1 is 0.918 bits per heavy atom. The Kier molecular flexibility index (Phi) is 13.8. The monoisotopic (exact) mass is 858 g/mol. The number of benzene rings is 2. The Labute approximate surface area is 310 Å². The molecule has 3 aromatic heterocycles. The van der Waals surface area contributed by atoms with Crippen molar-refractivity contribution in [3.63, 3.8) is 0 Å². The molecule has 0 aliphatic carbocycles. The largest absolute Gasteiger partial charge is 0.512 e. The Balaban J connectivity index is 0.000000347. The van der Waals surface area contributed by atoms with Crippen LogP contribution in [-0.4, -0.2) is 30.8 Å². The van der Waals surface area contributed by atoms with Gasteiger partial charge in [0.2, 0.25) is 0 Å². The number of aliphatic hydroxyl groups is 1. The first-order valence-corrected chi connectivity index (χ1v) is 18.2. The van der Waals surface area contributed by atoms with Gasteiger partial charge in [-0.05, 0) is 67.7 Å². The predicted molar refractivity (Wildman–Crippen MR) is 203 cm³/mol. The topological polar surface area (TPSA) is 88.9 Å². The molecule has 3 heterocycles. The summed E-state index contributed by atoms with van der Waals surface area (Å²) < 4.78 is 2.35. The second-order valence-electron chi connectivity index (χ2n) is 15.1. The Morgan fingerprint density at radius 3 is 2.16 bits per heavy atom. The van der Waals surface area contributed by atoms with Crippen LogP contribution in [0.3, 0.4) is 0 Å². The molecule has 5 aromatic rings. The van der Waals surface area contributed by atoms with Gasteiger partial charge in [-0.15, -0.1) is 23.5 Å². The molecule has 8 heteroatoms. The van der Waals surface area contributed by atoms with Gasteiger partial charge in [0.05, 0.1) is 11.3 Å². The molecule has 49 heavy (non-hydrogen) atoms. The molecule has 1 radical (unpaired) electrons. The number of allylic oxidation sites excluding steroid dienone is 2. The summed E-state index contributed by atoms with van der Waals surface area (Å²) >= 11 is 1.77. The molecule has 0 aliphatic heterocycles. The third-order valence-electron chi connectivity index (χ3n) is 8.92. The zero-order chi connectivity index (χ0) is 35.4. The number of aliphatic hydroxyl groups excluding tert-OH is 1. The fraction of sp³-hybridized carbons (Fsp3) is 0.488. The van der Waals surface area contributed by atoms with Crippen molar-refractivity contribution in [1.82, 2.24) is 19.9 Å². The van der Waals surface area contributed by atoms with Crippen LogP contribution in [0.25, 0.3) is 42.5 Å². The van der Waals surface area contributed by atoms with Gasteiger partial charge in [-0.2, -0.15) is 0 Å². The van der Waals surface area contributed by atoms with E-state index in [-0.39, 0.29) is 54.3 Å². The quantitative estimate of drug-likeness (QED) is 0.0902. The van der Waals surface area contributed by atoms with E-state index in [9.17, 15) is 9.90 Å². The first kappa shape index (κ1) is 40.4. The van der Waals surface area contributed by atoms with Crippen LogP contribution in [0.5, 0.6) is 0 Å². The molecule has 6 nitrogen and oxygen atoms in total. The van der Waals surface area contributed by atoms with E-state index in [1.807, 2.05) is 40.8 Å². The summed E-state index contributed by atoms with van der Waals surface area (Å²) in [7, 11) is 0. The van der Waals surface area contributed by atoms with E-state index in [4.69, 9.17) is 9.97 Å². The molecule has 265 valence electrons. The van der Waals surface area contributed by atoms with Crippen LogP contribution < -0.4 is 0 Å². The van der Waals surface area contributed by atoms with Gasteiger partial charge < -0.3 is 5.11 Å². The Hall–Kier alpha value is -3.06. The number of carbonyl (C=O) groups is 1. The first-order chi connectivity index (χ1) is 22.6. The van der Waals surface area contributed by atoms with Gasteiger partial charge in [-0.3, -0.25) is 19.7 Å². The van der Waals surface area contributed by atoms with Crippen molar-refractivity contribution in [2.75, 3.05) is 0 Å². The molecule has 0 amide bonds. The number of thiophene rings is 1. The zero-order valence-electron chi connectivity index (χ0n) is 31.1. The second-order valence-corrected chi connectivity index (χ2v) is 16.1. The van der Waals surface area contributed by atoms with E-state index in [1.54, 1.807) is 17.7 Å². The average Bonchev–Trinajstić information content (AvgIpc) is 3.38. The fourth-order valence-electron chi connectivity index (χ4n) is 6.17. The molecule has 0 atom stereocenters. The molecule has 0 fully saturated rings. The van der Waals surface area contributed by atoms with Crippen LogP contribution in [0.1, 0.15) is 112 Å². The van der Waals surface area contributed by atoms with Crippen molar-refractivity contribution in [3.05, 3.63) is 71.6 Å². The van der Waals surface area contributed by atoms with Gasteiger partial charge >= 0.3 is 0 Å². The Bertz CT molecular complexity index is 1930. The fourth-order valence-corrected chi connectivity index (χ4v) is 7.40. The van der Waals surface area contributed by atoms with Gasteiger partial charge in [0, 0.05) is 64.0 Å². The number of fused-ring (bicyclic) bond motifs is 4. The number of aryl methyl sites for hydroxylation is 1. The van der Waals surface area contributed by atoms with Crippen LogP contribution in [0.15, 0.2) is 48.6 Å². The van der Waals surface area contributed by atoms with Gasteiger partial charge in [-0.25, -0.2) is 4.98 Å². The summed E-state index contributed by atoms with van der Waals surface area (Å²) in [5.41, 5.74) is 6.57. The maximum atomic E-state index is 11.7. The molecular weight excluding hydrogens is 805 g/mol. The number of nitrogens with zero attached hydrogens (tertiary/aromatic N) is 4. The van der Waals surface area contributed by atoms with Crippen LogP contribution in [0, 0.1) is 30.2 Å². The minimum absolute atomic E-state index is 0. The molecule has 0 spiro atoms. The number of hydrogen-bond acceptors (Lipinski definition) is 7. The molecule has 2 aromatic carbocycles. The third-order valence-corrected chi connectivity index (χ3v) is 10.1. The number of ketones is 1. The molecule has 0 bridgehead atoms. The van der Waals surface area contributed by atoms with Crippen molar-refractivity contribution < 1.29 is 30.0 Å². The molecule has 0 aliphatic rings. The van der Waals surface area contributed by atoms with E-state index in [0.717, 1.165) is 70.3 Å². The molecule has 5 rings (SSSR count). The van der Waals surface area contributed by atoms with Crippen molar-refractivity contribution in [2.45, 2.75) is 114 Å². The van der Waals surface area contributed by atoms with Crippen molar-refractivity contribution in [1.29, 1.82) is 0 Å². The molecule has 0 saturated carbocycles. The normalized spacial score (nSPS) is 12.5. The number of aromatic nitrogens is 4. The van der Waals surface area contributed by atoms with E-state index >= 15 is 0 Å². The maximum absolute atomic E-state index is 11.7. The van der Waals surface area contributed by atoms with Crippen molar-refractivity contribution in [3.8, 4) is 11.3 Å². The van der Waals surface area contributed by atoms with E-state index in [1.165, 1.54) is 27.3 Å². The summed E-state index contributed by atoms with van der Waals surface area (Å²) in [4.78, 5) is 30.3. The molecular formula is C41H53IrN4O2S-. The minimum atomic E-state index is -0.0724. The van der Waals surface area contributed by atoms with E-state index < -0.39 is 0 Å². The second kappa shape index (κ2) is 16.8. The number of carbonyl (C=O) groups excluding carboxylic acids is 1. The van der Waals surface area contributed by atoms with Crippen molar-refractivity contribution in [2.24, 2.45) is 17.3 Å². The van der Waals surface area contributed by atoms with Crippen molar-refractivity contribution >= 4 is 48.3 Å².